The molecule has 0 radical (unpaired) electrons. The van der Waals surface area contributed by atoms with Crippen LogP contribution in [0.4, 0.5) is 0 Å². The largest absolute Gasteiger partial charge is 0.315 e. The molecule has 0 saturated carbocycles. The number of aromatic nitrogens is 5. The standard InChI is InChI=1S/C10H12N6/c1-2-11-5-6-16-9(1)14-15-10(16)8-7-12-3-4-13-8/h3-4,7,11H,1-2,5-6H2. The molecule has 0 atom stereocenters. The van der Waals surface area contributed by atoms with Crippen molar-refractivity contribution >= 4 is 0 Å². The normalized spacial score (nSPS) is 15.5. The Bertz CT molecular complexity index is 477. The summed E-state index contributed by atoms with van der Waals surface area (Å²) >= 11 is 0. The predicted octanol–water partition coefficient (Wildman–Crippen LogP) is -0.119. The van der Waals surface area contributed by atoms with Gasteiger partial charge in [0.1, 0.15) is 11.5 Å². The number of hydrogen-bond acceptors (Lipinski definition) is 5. The lowest BCUT2D eigenvalue weighted by molar-refractivity contribution is 0.646. The van der Waals surface area contributed by atoms with Crippen LogP contribution in [-0.4, -0.2) is 37.8 Å². The second-order valence-corrected chi connectivity index (χ2v) is 3.68. The Morgan fingerprint density at radius 2 is 2.19 bits per heavy atom. The van der Waals surface area contributed by atoms with Crippen LogP contribution in [0, 0.1) is 0 Å². The molecular weight excluding hydrogens is 204 g/mol. The second-order valence-electron chi connectivity index (χ2n) is 3.68. The molecule has 3 heterocycles. The van der Waals surface area contributed by atoms with E-state index in [4.69, 9.17) is 0 Å². The number of nitrogens with zero attached hydrogens (tertiary/aromatic N) is 5. The van der Waals surface area contributed by atoms with E-state index in [0.29, 0.717) is 0 Å². The van der Waals surface area contributed by atoms with Gasteiger partial charge in [0.25, 0.3) is 0 Å². The Kier molecular flexibility index (Phi) is 2.34. The van der Waals surface area contributed by atoms with Crippen LogP contribution in [0.15, 0.2) is 18.6 Å². The van der Waals surface area contributed by atoms with Crippen LogP contribution in [0.3, 0.4) is 0 Å². The number of nitrogens with one attached hydrogen (secondary N) is 1. The molecule has 1 aliphatic rings. The number of rotatable bonds is 1. The highest BCUT2D eigenvalue weighted by atomic mass is 15.3. The van der Waals surface area contributed by atoms with Gasteiger partial charge in [-0.1, -0.05) is 0 Å². The minimum atomic E-state index is 0.781. The molecule has 0 spiro atoms. The fraction of sp³-hybridized carbons (Fsp3) is 0.400. The van der Waals surface area contributed by atoms with E-state index in [-0.39, 0.29) is 0 Å². The van der Waals surface area contributed by atoms with Crippen molar-refractivity contribution in [2.75, 3.05) is 13.1 Å². The van der Waals surface area contributed by atoms with E-state index in [1.807, 2.05) is 0 Å². The van der Waals surface area contributed by atoms with E-state index in [9.17, 15) is 0 Å². The molecule has 0 aliphatic carbocycles. The molecule has 82 valence electrons. The molecular formula is C10H12N6. The van der Waals surface area contributed by atoms with E-state index in [1.54, 1.807) is 18.6 Å². The van der Waals surface area contributed by atoms with E-state index in [2.05, 4.69) is 30.0 Å². The van der Waals surface area contributed by atoms with Gasteiger partial charge in [0, 0.05) is 38.4 Å². The Morgan fingerprint density at radius 3 is 3.06 bits per heavy atom. The Hall–Kier alpha value is -1.82. The molecule has 0 bridgehead atoms. The van der Waals surface area contributed by atoms with Gasteiger partial charge in [-0.25, -0.2) is 4.98 Å². The topological polar surface area (TPSA) is 68.5 Å². The van der Waals surface area contributed by atoms with Crippen molar-refractivity contribution in [1.82, 2.24) is 30.0 Å². The Balaban J connectivity index is 2.06. The molecule has 16 heavy (non-hydrogen) atoms. The van der Waals surface area contributed by atoms with E-state index in [1.165, 1.54) is 0 Å². The molecule has 0 saturated heterocycles. The monoisotopic (exact) mass is 216 g/mol. The summed E-state index contributed by atoms with van der Waals surface area (Å²) in [4.78, 5) is 8.31. The maximum atomic E-state index is 4.25. The maximum Gasteiger partial charge on any atom is 0.184 e. The molecule has 0 aromatic carbocycles. The maximum absolute atomic E-state index is 4.25. The van der Waals surface area contributed by atoms with Crippen molar-refractivity contribution in [3.05, 3.63) is 24.4 Å². The molecule has 2 aromatic heterocycles. The lowest BCUT2D eigenvalue weighted by Crippen LogP contribution is -2.17. The first-order valence-corrected chi connectivity index (χ1v) is 5.34. The SMILES string of the molecule is c1cnc(-c2nnc3n2CCNCC3)cn1. The van der Waals surface area contributed by atoms with Crippen LogP contribution in [-0.2, 0) is 13.0 Å². The zero-order chi connectivity index (χ0) is 10.8. The van der Waals surface area contributed by atoms with Crippen LogP contribution in [0.25, 0.3) is 11.5 Å². The van der Waals surface area contributed by atoms with Gasteiger partial charge in [0.2, 0.25) is 0 Å². The van der Waals surface area contributed by atoms with Crippen LogP contribution in [0.1, 0.15) is 5.82 Å². The highest BCUT2D eigenvalue weighted by molar-refractivity contribution is 5.47. The first-order valence-electron chi connectivity index (χ1n) is 5.34. The van der Waals surface area contributed by atoms with Gasteiger partial charge in [-0.05, 0) is 0 Å². The average Bonchev–Trinajstić information content (AvgIpc) is 2.60. The molecule has 3 rings (SSSR count). The van der Waals surface area contributed by atoms with Gasteiger partial charge in [0.05, 0.1) is 6.20 Å². The molecule has 0 unspecified atom stereocenters. The minimum absolute atomic E-state index is 0.781. The third kappa shape index (κ3) is 1.57. The Labute approximate surface area is 92.8 Å². The van der Waals surface area contributed by atoms with Crippen molar-refractivity contribution in [1.29, 1.82) is 0 Å². The quantitative estimate of drug-likeness (QED) is 0.719. The zero-order valence-electron chi connectivity index (χ0n) is 8.80. The predicted molar refractivity (Wildman–Crippen MR) is 57.6 cm³/mol. The van der Waals surface area contributed by atoms with Crippen molar-refractivity contribution in [2.45, 2.75) is 13.0 Å². The van der Waals surface area contributed by atoms with E-state index >= 15 is 0 Å². The molecule has 0 fully saturated rings. The lowest BCUT2D eigenvalue weighted by atomic mass is 10.4. The lowest BCUT2D eigenvalue weighted by Gasteiger charge is -2.05. The summed E-state index contributed by atoms with van der Waals surface area (Å²) in [5, 5.41) is 11.7. The molecule has 6 heteroatoms. The first-order chi connectivity index (χ1) is 7.95. The summed E-state index contributed by atoms with van der Waals surface area (Å²) in [6.07, 6.45) is 5.96. The number of hydrogen-bond donors (Lipinski definition) is 1. The van der Waals surface area contributed by atoms with Crippen molar-refractivity contribution in [2.24, 2.45) is 0 Å². The van der Waals surface area contributed by atoms with Gasteiger partial charge >= 0.3 is 0 Å². The summed E-state index contributed by atoms with van der Waals surface area (Å²) in [7, 11) is 0. The van der Waals surface area contributed by atoms with Gasteiger partial charge in [-0.3, -0.25) is 4.98 Å². The minimum Gasteiger partial charge on any atom is -0.315 e. The molecule has 1 aliphatic heterocycles. The molecule has 2 aromatic rings. The highest BCUT2D eigenvalue weighted by Crippen LogP contribution is 2.15. The van der Waals surface area contributed by atoms with Gasteiger partial charge < -0.3 is 9.88 Å². The van der Waals surface area contributed by atoms with Crippen LogP contribution in [0.5, 0.6) is 0 Å². The zero-order valence-corrected chi connectivity index (χ0v) is 8.80. The summed E-state index contributed by atoms with van der Waals surface area (Å²) in [6.45, 7) is 2.78. The molecule has 1 N–H and O–H groups in total. The average molecular weight is 216 g/mol. The van der Waals surface area contributed by atoms with Gasteiger partial charge in [-0.15, -0.1) is 10.2 Å². The van der Waals surface area contributed by atoms with Crippen LogP contribution >= 0.6 is 0 Å². The Morgan fingerprint density at radius 1 is 1.19 bits per heavy atom. The van der Waals surface area contributed by atoms with Crippen molar-refractivity contribution in [3.8, 4) is 11.5 Å². The fourth-order valence-electron chi connectivity index (χ4n) is 1.88. The highest BCUT2D eigenvalue weighted by Gasteiger charge is 2.16. The van der Waals surface area contributed by atoms with E-state index < -0.39 is 0 Å². The summed E-state index contributed by atoms with van der Waals surface area (Å²) in [6, 6.07) is 0. The first kappa shape index (κ1) is 9.41. The third-order valence-corrected chi connectivity index (χ3v) is 2.66. The number of fused-ring (bicyclic) bond motifs is 1. The van der Waals surface area contributed by atoms with E-state index in [0.717, 1.165) is 43.4 Å². The smallest absolute Gasteiger partial charge is 0.184 e. The summed E-state index contributed by atoms with van der Waals surface area (Å²) in [5.41, 5.74) is 0.781. The third-order valence-electron chi connectivity index (χ3n) is 2.66. The summed E-state index contributed by atoms with van der Waals surface area (Å²) < 4.78 is 2.12. The van der Waals surface area contributed by atoms with Crippen LogP contribution < -0.4 is 5.32 Å². The van der Waals surface area contributed by atoms with Gasteiger partial charge in [0.15, 0.2) is 5.82 Å². The summed E-state index contributed by atoms with van der Waals surface area (Å²) in [5.74, 6) is 1.83. The second kappa shape index (κ2) is 3.97. The molecule has 6 nitrogen and oxygen atoms in total. The van der Waals surface area contributed by atoms with Gasteiger partial charge in [-0.2, -0.15) is 0 Å². The fourth-order valence-corrected chi connectivity index (χ4v) is 1.88. The molecule has 0 amide bonds. The van der Waals surface area contributed by atoms with Crippen molar-refractivity contribution < 1.29 is 0 Å². The van der Waals surface area contributed by atoms with Crippen LogP contribution in [0.2, 0.25) is 0 Å². The van der Waals surface area contributed by atoms with Crippen molar-refractivity contribution in [3.63, 3.8) is 0 Å².